The van der Waals surface area contributed by atoms with E-state index in [-0.39, 0.29) is 10.4 Å². The van der Waals surface area contributed by atoms with Gasteiger partial charge in [-0.05, 0) is 6.07 Å². The molecule has 0 aliphatic carbocycles. The number of hydrogen-bond acceptors (Lipinski definition) is 5. The number of nitrogens with zero attached hydrogens (tertiary/aromatic N) is 3. The van der Waals surface area contributed by atoms with Gasteiger partial charge in [-0.3, -0.25) is 14.8 Å². The average Bonchev–Trinajstić information content (AvgIpc) is 2.08. The molecular weight excluding hydrogens is 179 g/mol. The third kappa shape index (κ3) is 4.26. The highest BCUT2D eigenvalue weighted by Gasteiger charge is 2.02. The van der Waals surface area contributed by atoms with Gasteiger partial charge >= 0.3 is 0 Å². The standard InChI is InChI=1S/C6H6N2O2.FH.N2/c7-5-2-1-3-6(4-5)8(9)10;;1-2/h1-4H,7H2;1H;. The number of halogens is 1. The Labute approximate surface area is 72.9 Å². The van der Waals surface area contributed by atoms with Crippen LogP contribution in [0.1, 0.15) is 0 Å². The van der Waals surface area contributed by atoms with Gasteiger partial charge in [0.15, 0.2) is 0 Å². The molecule has 0 fully saturated rings. The van der Waals surface area contributed by atoms with E-state index in [1.54, 1.807) is 12.1 Å². The minimum Gasteiger partial charge on any atom is -0.399 e. The number of nitro groups is 1. The monoisotopic (exact) mass is 186 g/mol. The molecule has 1 aromatic carbocycles. The van der Waals surface area contributed by atoms with Crippen molar-refractivity contribution in [1.82, 2.24) is 0 Å². The van der Waals surface area contributed by atoms with E-state index in [0.29, 0.717) is 5.69 Å². The van der Waals surface area contributed by atoms with Crippen LogP contribution in [0.4, 0.5) is 16.1 Å². The summed E-state index contributed by atoms with van der Waals surface area (Å²) in [7, 11) is 0. The molecule has 1 aromatic rings. The van der Waals surface area contributed by atoms with Gasteiger partial charge in [-0.2, -0.15) is 0 Å². The van der Waals surface area contributed by atoms with Crippen molar-refractivity contribution in [3.8, 4) is 0 Å². The van der Waals surface area contributed by atoms with Crippen LogP contribution in [0.2, 0.25) is 0 Å². The molecule has 0 radical (unpaired) electrons. The second kappa shape index (κ2) is 6.48. The maximum absolute atomic E-state index is 10.1. The highest BCUT2D eigenvalue weighted by Crippen LogP contribution is 2.13. The lowest BCUT2D eigenvalue weighted by molar-refractivity contribution is -0.384. The fourth-order valence-corrected chi connectivity index (χ4v) is 0.638. The first-order valence-electron chi connectivity index (χ1n) is 2.90. The number of benzene rings is 1. The number of nitrogens with two attached hydrogens (primary N) is 1. The van der Waals surface area contributed by atoms with Crippen molar-refractivity contribution in [1.29, 1.82) is 10.8 Å². The average molecular weight is 186 g/mol. The van der Waals surface area contributed by atoms with Gasteiger partial charge in [-0.1, -0.05) is 6.07 Å². The number of nitro benzene ring substituents is 1. The van der Waals surface area contributed by atoms with E-state index >= 15 is 0 Å². The van der Waals surface area contributed by atoms with E-state index in [9.17, 15) is 10.1 Å². The zero-order valence-corrected chi connectivity index (χ0v) is 6.45. The van der Waals surface area contributed by atoms with Crippen LogP contribution in [0.3, 0.4) is 0 Å². The van der Waals surface area contributed by atoms with Crippen molar-refractivity contribution in [2.45, 2.75) is 0 Å². The van der Waals surface area contributed by atoms with Crippen molar-refractivity contribution in [2.24, 2.45) is 0 Å². The Morgan fingerprint density at radius 1 is 1.38 bits per heavy atom. The molecule has 0 unspecified atom stereocenters. The van der Waals surface area contributed by atoms with Crippen LogP contribution in [-0.2, 0) is 0 Å². The summed E-state index contributed by atoms with van der Waals surface area (Å²) in [4.78, 5) is 9.63. The van der Waals surface area contributed by atoms with Crippen molar-refractivity contribution in [2.75, 3.05) is 5.73 Å². The molecule has 0 saturated carbocycles. The number of nitrogen functional groups attached to an aromatic ring is 1. The van der Waals surface area contributed by atoms with E-state index in [0.717, 1.165) is 0 Å². The van der Waals surface area contributed by atoms with Gasteiger partial charge in [0.25, 0.3) is 5.69 Å². The Morgan fingerprint density at radius 2 is 1.92 bits per heavy atom. The second-order valence-corrected chi connectivity index (χ2v) is 1.85. The Hall–Kier alpha value is -2.23. The highest BCUT2D eigenvalue weighted by atomic mass is 19.0. The smallest absolute Gasteiger partial charge is 0.271 e. The van der Waals surface area contributed by atoms with Crippen LogP contribution in [0.5, 0.6) is 0 Å². The van der Waals surface area contributed by atoms with Gasteiger partial charge in [0.2, 0.25) is 0 Å². The molecule has 6 nitrogen and oxygen atoms in total. The minimum absolute atomic E-state index is 0. The normalized spacial score (nSPS) is 7.23. The lowest BCUT2D eigenvalue weighted by atomic mass is 10.3. The molecule has 2 N–H and O–H groups in total. The van der Waals surface area contributed by atoms with Gasteiger partial charge in [0, 0.05) is 28.6 Å². The van der Waals surface area contributed by atoms with Crippen LogP contribution in [0.15, 0.2) is 24.3 Å². The molecule has 0 aromatic heterocycles. The Balaban J connectivity index is 0. The molecule has 7 heteroatoms. The summed E-state index contributed by atoms with van der Waals surface area (Å²) in [6.07, 6.45) is 0. The number of hydrogen-bond donors (Lipinski definition) is 1. The van der Waals surface area contributed by atoms with Gasteiger partial charge in [0.1, 0.15) is 0 Å². The topological polar surface area (TPSA) is 117 Å². The van der Waals surface area contributed by atoms with Gasteiger partial charge in [-0.25, -0.2) is 0 Å². The van der Waals surface area contributed by atoms with Crippen LogP contribution < -0.4 is 5.73 Å². The fourth-order valence-electron chi connectivity index (χ4n) is 0.638. The first kappa shape index (κ1) is 13.4. The van der Waals surface area contributed by atoms with Crippen molar-refractivity contribution in [3.63, 3.8) is 0 Å². The summed E-state index contributed by atoms with van der Waals surface area (Å²) in [5.74, 6) is 0. The molecule has 0 spiro atoms. The van der Waals surface area contributed by atoms with Crippen molar-refractivity contribution >= 4 is 11.4 Å². The van der Waals surface area contributed by atoms with E-state index in [1.807, 2.05) is 0 Å². The zero-order valence-electron chi connectivity index (χ0n) is 6.45. The SMILES string of the molecule is F.N#N.Nc1cccc([N+](=O)[O-])c1. The van der Waals surface area contributed by atoms with Crippen molar-refractivity contribution in [3.05, 3.63) is 34.4 Å². The number of rotatable bonds is 1. The molecule has 0 heterocycles. The summed E-state index contributed by atoms with van der Waals surface area (Å²) in [5, 5.41) is 22.1. The fraction of sp³-hybridized carbons (Fsp3) is 0. The summed E-state index contributed by atoms with van der Waals surface area (Å²) in [6, 6.07) is 5.87. The molecule has 0 atom stereocenters. The van der Waals surface area contributed by atoms with E-state index in [1.165, 1.54) is 12.1 Å². The molecular formula is C6H7FN4O2. The predicted octanol–water partition coefficient (Wildman–Crippen LogP) is 1.36. The maximum Gasteiger partial charge on any atom is 0.271 e. The molecule has 0 amide bonds. The van der Waals surface area contributed by atoms with Gasteiger partial charge in [0.05, 0.1) is 4.92 Å². The highest BCUT2D eigenvalue weighted by molar-refractivity contribution is 5.46. The Morgan fingerprint density at radius 3 is 2.23 bits per heavy atom. The van der Waals surface area contributed by atoms with Crippen LogP contribution in [0.25, 0.3) is 0 Å². The largest absolute Gasteiger partial charge is 0.399 e. The number of non-ortho nitro benzene ring substituents is 1. The van der Waals surface area contributed by atoms with Crippen LogP contribution in [-0.4, -0.2) is 4.92 Å². The van der Waals surface area contributed by atoms with E-state index < -0.39 is 4.92 Å². The maximum atomic E-state index is 10.1. The first-order valence-corrected chi connectivity index (χ1v) is 2.90. The summed E-state index contributed by atoms with van der Waals surface area (Å²) in [5.41, 5.74) is 5.73. The van der Waals surface area contributed by atoms with Gasteiger partial charge in [-0.15, -0.1) is 0 Å². The van der Waals surface area contributed by atoms with Crippen LogP contribution >= 0.6 is 0 Å². The summed E-state index contributed by atoms with van der Waals surface area (Å²) < 4.78 is 0. The molecule has 0 aliphatic heterocycles. The van der Waals surface area contributed by atoms with E-state index in [2.05, 4.69) is 0 Å². The molecule has 1 rings (SSSR count). The Kier molecular flexibility index (Phi) is 6.66. The second-order valence-electron chi connectivity index (χ2n) is 1.85. The third-order valence-electron chi connectivity index (χ3n) is 1.08. The molecule has 13 heavy (non-hydrogen) atoms. The molecule has 0 bridgehead atoms. The van der Waals surface area contributed by atoms with E-state index in [4.69, 9.17) is 16.5 Å². The molecule has 0 aliphatic rings. The summed E-state index contributed by atoms with van der Waals surface area (Å²) in [6.45, 7) is 0. The molecule has 70 valence electrons. The van der Waals surface area contributed by atoms with Gasteiger partial charge < -0.3 is 5.73 Å². The lowest BCUT2D eigenvalue weighted by Crippen LogP contribution is -1.89. The van der Waals surface area contributed by atoms with Crippen molar-refractivity contribution < 1.29 is 9.63 Å². The molecule has 0 saturated heterocycles. The van der Waals surface area contributed by atoms with Crippen LogP contribution in [0, 0.1) is 20.9 Å². The number of anilines is 1. The lowest BCUT2D eigenvalue weighted by Gasteiger charge is -1.90. The zero-order chi connectivity index (χ0) is 9.56. The minimum atomic E-state index is -0.476. The summed E-state index contributed by atoms with van der Waals surface area (Å²) >= 11 is 0. The third-order valence-corrected chi connectivity index (χ3v) is 1.08. The quantitative estimate of drug-likeness (QED) is 0.307. The Bertz CT molecular complexity index is 302. The predicted molar refractivity (Wildman–Crippen MR) is 43.5 cm³/mol. The first-order chi connectivity index (χ1) is 5.70.